The number of benzene rings is 1. The smallest absolute Gasteiger partial charge is 0.191 e. The molecule has 2 N–H and O–H groups in total. The van der Waals surface area contributed by atoms with Crippen LogP contribution in [-0.4, -0.2) is 80.3 Å². The summed E-state index contributed by atoms with van der Waals surface area (Å²) in [6.07, 6.45) is 6.28. The maximum atomic E-state index is 6.16. The van der Waals surface area contributed by atoms with E-state index in [-0.39, 0.29) is 24.0 Å². The fraction of sp³-hybridized carbons (Fsp3) is 0.720. The van der Waals surface area contributed by atoms with E-state index in [2.05, 4.69) is 64.6 Å². The van der Waals surface area contributed by atoms with E-state index in [9.17, 15) is 0 Å². The molecule has 1 atom stereocenters. The average Bonchev–Trinajstić information content (AvgIpc) is 3.26. The first-order valence-electron chi connectivity index (χ1n) is 12.4. The Morgan fingerprint density at radius 2 is 1.84 bits per heavy atom. The van der Waals surface area contributed by atoms with E-state index in [0.29, 0.717) is 12.1 Å². The maximum absolute atomic E-state index is 6.16. The Balaban J connectivity index is 0.00000363. The minimum atomic E-state index is 0. The van der Waals surface area contributed by atoms with Crippen molar-refractivity contribution >= 4 is 29.9 Å². The predicted molar refractivity (Wildman–Crippen MR) is 145 cm³/mol. The van der Waals surface area contributed by atoms with Crippen LogP contribution < -0.4 is 10.6 Å². The molecule has 0 bridgehead atoms. The third-order valence-corrected chi connectivity index (χ3v) is 6.46. The summed E-state index contributed by atoms with van der Waals surface area (Å²) >= 11 is 0. The van der Waals surface area contributed by atoms with Gasteiger partial charge < -0.3 is 15.4 Å². The molecule has 2 aliphatic heterocycles. The number of ether oxygens (including phenoxy) is 1. The molecule has 2 saturated heterocycles. The van der Waals surface area contributed by atoms with E-state index in [1.165, 1.54) is 24.9 Å². The molecule has 3 rings (SSSR count). The second-order valence-corrected chi connectivity index (χ2v) is 8.76. The zero-order valence-corrected chi connectivity index (χ0v) is 22.4. The van der Waals surface area contributed by atoms with Gasteiger partial charge in [-0.2, -0.15) is 0 Å². The minimum Gasteiger partial charge on any atom is -0.378 e. The van der Waals surface area contributed by atoms with Crippen LogP contribution in [0.3, 0.4) is 0 Å². The molecule has 1 aromatic rings. The summed E-state index contributed by atoms with van der Waals surface area (Å²) < 4.78 is 6.16. The number of piperidine rings is 1. The van der Waals surface area contributed by atoms with E-state index in [1.54, 1.807) is 0 Å². The largest absolute Gasteiger partial charge is 0.378 e. The molecule has 1 aromatic carbocycles. The molecule has 0 radical (unpaired) electrons. The van der Waals surface area contributed by atoms with E-state index in [4.69, 9.17) is 9.73 Å². The molecule has 2 heterocycles. The highest BCUT2D eigenvalue weighted by molar-refractivity contribution is 14.0. The van der Waals surface area contributed by atoms with Gasteiger partial charge in [0.25, 0.3) is 0 Å². The summed E-state index contributed by atoms with van der Waals surface area (Å²) in [5.41, 5.74) is 1.40. The van der Waals surface area contributed by atoms with Gasteiger partial charge in [0.05, 0.1) is 12.6 Å². The topological polar surface area (TPSA) is 52.1 Å². The van der Waals surface area contributed by atoms with Crippen molar-refractivity contribution in [2.75, 3.05) is 52.4 Å². The maximum Gasteiger partial charge on any atom is 0.191 e. The zero-order chi connectivity index (χ0) is 21.7. The van der Waals surface area contributed by atoms with Gasteiger partial charge in [0.1, 0.15) is 0 Å². The van der Waals surface area contributed by atoms with Crippen molar-refractivity contribution in [3.8, 4) is 0 Å². The Labute approximate surface area is 212 Å². The van der Waals surface area contributed by atoms with Gasteiger partial charge in [0.15, 0.2) is 5.96 Å². The molecule has 0 amide bonds. The van der Waals surface area contributed by atoms with Crippen molar-refractivity contribution in [1.82, 2.24) is 20.4 Å². The zero-order valence-electron chi connectivity index (χ0n) is 20.1. The van der Waals surface area contributed by atoms with E-state index in [0.717, 1.165) is 77.6 Å². The lowest BCUT2D eigenvalue weighted by molar-refractivity contribution is 0.00534. The fourth-order valence-corrected chi connectivity index (χ4v) is 4.66. The molecular weight excluding hydrogens is 513 g/mol. The van der Waals surface area contributed by atoms with Crippen LogP contribution in [-0.2, 0) is 11.3 Å². The van der Waals surface area contributed by atoms with Crippen LogP contribution in [0.1, 0.15) is 51.5 Å². The molecule has 2 fully saturated rings. The van der Waals surface area contributed by atoms with Crippen LogP contribution in [0.2, 0.25) is 0 Å². The highest BCUT2D eigenvalue weighted by Gasteiger charge is 2.22. The van der Waals surface area contributed by atoms with Crippen molar-refractivity contribution in [2.24, 2.45) is 4.99 Å². The molecule has 0 saturated carbocycles. The number of halogens is 1. The molecule has 0 aromatic heterocycles. The first kappa shape index (κ1) is 27.3. The number of likely N-dealkylation sites (N-methyl/N-ethyl adjacent to an activating group) is 1. The highest BCUT2D eigenvalue weighted by Crippen LogP contribution is 2.17. The van der Waals surface area contributed by atoms with Gasteiger partial charge in [-0.3, -0.25) is 14.8 Å². The number of likely N-dealkylation sites (tertiary alicyclic amines) is 2. The summed E-state index contributed by atoms with van der Waals surface area (Å²) in [5.74, 6) is 0.944. The fourth-order valence-electron chi connectivity index (χ4n) is 4.66. The quantitative estimate of drug-likeness (QED) is 0.188. The Hall–Kier alpha value is -0.900. The van der Waals surface area contributed by atoms with Crippen molar-refractivity contribution in [1.29, 1.82) is 0 Å². The molecule has 6 nitrogen and oxygen atoms in total. The third kappa shape index (κ3) is 9.53. The summed E-state index contributed by atoms with van der Waals surface area (Å²) in [7, 11) is 0. The lowest BCUT2D eigenvalue weighted by Crippen LogP contribution is -2.40. The number of hydrogen-bond donors (Lipinski definition) is 2. The first-order valence-corrected chi connectivity index (χ1v) is 12.4. The monoisotopic (exact) mass is 557 g/mol. The molecule has 0 aliphatic carbocycles. The van der Waals surface area contributed by atoms with Gasteiger partial charge in [-0.15, -0.1) is 24.0 Å². The Morgan fingerprint density at radius 3 is 2.56 bits per heavy atom. The van der Waals surface area contributed by atoms with Crippen LogP contribution in [0.5, 0.6) is 0 Å². The Bertz CT molecular complexity index is 636. The number of nitrogens with one attached hydrogen (secondary N) is 2. The molecule has 7 heteroatoms. The second kappa shape index (κ2) is 15.9. The van der Waals surface area contributed by atoms with Crippen LogP contribution >= 0.6 is 24.0 Å². The van der Waals surface area contributed by atoms with Crippen LogP contribution in [0, 0.1) is 0 Å². The Morgan fingerprint density at radius 1 is 1.06 bits per heavy atom. The number of nitrogens with zero attached hydrogens (tertiary/aromatic N) is 3. The lowest BCUT2D eigenvalue weighted by Gasteiger charge is -2.32. The normalized spacial score (nSPS) is 20.8. The Kier molecular flexibility index (Phi) is 13.5. The average molecular weight is 558 g/mol. The van der Waals surface area contributed by atoms with Gasteiger partial charge in [-0.05, 0) is 57.7 Å². The molecule has 2 aliphatic rings. The summed E-state index contributed by atoms with van der Waals surface area (Å²) in [6, 6.07) is 11.4. The molecule has 0 spiro atoms. The van der Waals surface area contributed by atoms with Crippen molar-refractivity contribution < 1.29 is 4.74 Å². The molecule has 1 unspecified atom stereocenters. The number of aliphatic imine (C=N–C) groups is 1. The predicted octanol–water partition coefficient (Wildman–Crippen LogP) is 3.72. The second-order valence-electron chi connectivity index (χ2n) is 8.76. The van der Waals surface area contributed by atoms with Crippen molar-refractivity contribution in [3.05, 3.63) is 35.9 Å². The van der Waals surface area contributed by atoms with Crippen LogP contribution in [0.15, 0.2) is 35.3 Å². The van der Waals surface area contributed by atoms with E-state index < -0.39 is 0 Å². The van der Waals surface area contributed by atoms with Crippen molar-refractivity contribution in [3.63, 3.8) is 0 Å². The lowest BCUT2D eigenvalue weighted by atomic mass is 10.1. The number of hydrogen-bond acceptors (Lipinski definition) is 4. The van der Waals surface area contributed by atoms with Gasteiger partial charge in [-0.25, -0.2) is 0 Å². The molecular formula is C25H44IN5O. The van der Waals surface area contributed by atoms with Crippen molar-refractivity contribution in [2.45, 2.75) is 64.6 Å². The standard InChI is InChI=1S/C25H43N5O.HI/c1-3-26-25(28-20-23-12-8-16-30(23)4-2)27-15-9-19-31-24-13-17-29(18-14-24)21-22-10-6-5-7-11-22;/h5-7,10-11,23-24H,3-4,8-9,12-21H2,1-2H3,(H2,26,27,28);1H. The summed E-state index contributed by atoms with van der Waals surface area (Å²) in [5, 5.41) is 6.86. The molecule has 182 valence electrons. The van der Waals surface area contributed by atoms with E-state index in [1.807, 2.05) is 0 Å². The number of rotatable bonds is 11. The van der Waals surface area contributed by atoms with Crippen LogP contribution in [0.4, 0.5) is 0 Å². The highest BCUT2D eigenvalue weighted by atomic mass is 127. The van der Waals surface area contributed by atoms with Gasteiger partial charge in [0, 0.05) is 45.4 Å². The molecule has 32 heavy (non-hydrogen) atoms. The minimum absolute atomic E-state index is 0. The third-order valence-electron chi connectivity index (χ3n) is 6.46. The van der Waals surface area contributed by atoms with Gasteiger partial charge in [0.2, 0.25) is 0 Å². The van der Waals surface area contributed by atoms with Gasteiger partial charge in [-0.1, -0.05) is 37.3 Å². The first-order chi connectivity index (χ1) is 15.3. The van der Waals surface area contributed by atoms with E-state index >= 15 is 0 Å². The summed E-state index contributed by atoms with van der Waals surface area (Å²) in [4.78, 5) is 9.92. The SMILES string of the molecule is CCNC(=NCC1CCCN1CC)NCCCOC1CCN(Cc2ccccc2)CC1.I. The van der Waals surface area contributed by atoms with Gasteiger partial charge >= 0.3 is 0 Å². The van der Waals surface area contributed by atoms with Crippen LogP contribution in [0.25, 0.3) is 0 Å². The summed E-state index contributed by atoms with van der Waals surface area (Å²) in [6.45, 7) is 13.6. The number of guanidine groups is 1.